The van der Waals surface area contributed by atoms with Crippen LogP contribution in [0.3, 0.4) is 0 Å². The Bertz CT molecular complexity index is 700. The lowest BCUT2D eigenvalue weighted by atomic mass is 10.00. The number of pyridine rings is 1. The molecule has 1 heteroatoms. The van der Waals surface area contributed by atoms with E-state index in [-0.39, 0.29) is 0 Å². The molecule has 1 heterocycles. The minimum atomic E-state index is 1.19. The molecule has 0 unspecified atom stereocenters. The molecule has 0 aliphatic rings. The lowest BCUT2D eigenvalue weighted by Crippen LogP contribution is -1.83. The highest BCUT2D eigenvalue weighted by Gasteiger charge is 2.01. The molecule has 0 fully saturated rings. The first-order valence-electron chi connectivity index (χ1n) is 6.66. The van der Waals surface area contributed by atoms with Crippen molar-refractivity contribution in [1.29, 1.82) is 0 Å². The monoisotopic (exact) mass is 257 g/mol. The van der Waals surface area contributed by atoms with Gasteiger partial charge in [-0.15, -0.1) is 0 Å². The van der Waals surface area contributed by atoms with E-state index in [0.29, 0.717) is 0 Å². The lowest BCUT2D eigenvalue weighted by molar-refractivity contribution is 1.33. The van der Waals surface area contributed by atoms with Crippen LogP contribution < -0.4 is 0 Å². The lowest BCUT2D eigenvalue weighted by Gasteiger charge is -2.05. The Morgan fingerprint density at radius 3 is 2.15 bits per heavy atom. The normalized spacial score (nSPS) is 10.8. The van der Waals surface area contributed by atoms with E-state index in [9.17, 15) is 0 Å². The van der Waals surface area contributed by atoms with Crippen molar-refractivity contribution in [2.75, 3.05) is 0 Å². The molecule has 0 spiro atoms. The summed E-state index contributed by atoms with van der Waals surface area (Å²) in [5, 5.41) is 0. The highest BCUT2D eigenvalue weighted by atomic mass is 14.6. The van der Waals surface area contributed by atoms with Crippen LogP contribution in [0, 0.1) is 0 Å². The van der Waals surface area contributed by atoms with Crippen LogP contribution in [0.1, 0.15) is 11.1 Å². The third-order valence-corrected chi connectivity index (χ3v) is 3.21. The first kappa shape index (κ1) is 12.4. The van der Waals surface area contributed by atoms with Gasteiger partial charge in [0, 0.05) is 12.4 Å². The SMILES string of the molecule is C(=C\c1ccccc1-c1ccncc1)/c1ccccc1. The van der Waals surface area contributed by atoms with Crippen molar-refractivity contribution in [2.45, 2.75) is 0 Å². The molecule has 0 aliphatic carbocycles. The number of hydrogen-bond acceptors (Lipinski definition) is 1. The molecular weight excluding hydrogens is 242 g/mol. The van der Waals surface area contributed by atoms with Crippen molar-refractivity contribution in [3.05, 3.63) is 90.3 Å². The summed E-state index contributed by atoms with van der Waals surface area (Å²) in [4.78, 5) is 4.08. The van der Waals surface area contributed by atoms with Crippen molar-refractivity contribution in [1.82, 2.24) is 4.98 Å². The van der Waals surface area contributed by atoms with Crippen LogP contribution in [0.5, 0.6) is 0 Å². The molecule has 0 amide bonds. The maximum atomic E-state index is 4.08. The molecule has 3 aromatic rings. The number of nitrogens with zero attached hydrogens (tertiary/aromatic N) is 1. The van der Waals surface area contributed by atoms with Gasteiger partial charge >= 0.3 is 0 Å². The van der Waals surface area contributed by atoms with Crippen LogP contribution in [0.25, 0.3) is 23.3 Å². The summed E-state index contributed by atoms with van der Waals surface area (Å²) in [6.45, 7) is 0. The molecule has 0 aliphatic heterocycles. The minimum Gasteiger partial charge on any atom is -0.265 e. The van der Waals surface area contributed by atoms with Gasteiger partial charge in [0.25, 0.3) is 0 Å². The second-order valence-corrected chi connectivity index (χ2v) is 4.57. The summed E-state index contributed by atoms with van der Waals surface area (Å²) in [5.41, 5.74) is 4.83. The maximum Gasteiger partial charge on any atom is 0.0273 e. The zero-order chi connectivity index (χ0) is 13.6. The van der Waals surface area contributed by atoms with E-state index < -0.39 is 0 Å². The summed E-state index contributed by atoms with van der Waals surface area (Å²) in [7, 11) is 0. The number of benzene rings is 2. The average molecular weight is 257 g/mol. The van der Waals surface area contributed by atoms with Gasteiger partial charge in [0.15, 0.2) is 0 Å². The van der Waals surface area contributed by atoms with Gasteiger partial charge in [-0.2, -0.15) is 0 Å². The van der Waals surface area contributed by atoms with Crippen LogP contribution in [0.2, 0.25) is 0 Å². The van der Waals surface area contributed by atoms with E-state index in [2.05, 4.69) is 65.7 Å². The number of rotatable bonds is 3. The van der Waals surface area contributed by atoms with Gasteiger partial charge in [0.2, 0.25) is 0 Å². The molecule has 0 bridgehead atoms. The quantitative estimate of drug-likeness (QED) is 0.607. The van der Waals surface area contributed by atoms with Gasteiger partial charge in [0.1, 0.15) is 0 Å². The highest BCUT2D eigenvalue weighted by Crippen LogP contribution is 2.24. The third-order valence-electron chi connectivity index (χ3n) is 3.21. The fraction of sp³-hybridized carbons (Fsp3) is 0. The van der Waals surface area contributed by atoms with E-state index in [4.69, 9.17) is 0 Å². The summed E-state index contributed by atoms with van der Waals surface area (Å²) < 4.78 is 0. The van der Waals surface area contributed by atoms with Gasteiger partial charge in [-0.3, -0.25) is 4.98 Å². The fourth-order valence-corrected chi connectivity index (χ4v) is 2.19. The number of hydrogen-bond donors (Lipinski definition) is 0. The van der Waals surface area contributed by atoms with Gasteiger partial charge in [-0.1, -0.05) is 66.7 Å². The van der Waals surface area contributed by atoms with Crippen LogP contribution >= 0.6 is 0 Å². The Hall–Kier alpha value is -2.67. The zero-order valence-corrected chi connectivity index (χ0v) is 11.1. The van der Waals surface area contributed by atoms with Gasteiger partial charge < -0.3 is 0 Å². The first-order valence-corrected chi connectivity index (χ1v) is 6.66. The molecule has 0 atom stereocenters. The summed E-state index contributed by atoms with van der Waals surface area (Å²) in [5.74, 6) is 0. The van der Waals surface area contributed by atoms with Crippen LogP contribution in [-0.4, -0.2) is 4.98 Å². The van der Waals surface area contributed by atoms with Crippen molar-refractivity contribution < 1.29 is 0 Å². The topological polar surface area (TPSA) is 12.9 Å². The van der Waals surface area contributed by atoms with E-state index in [1.807, 2.05) is 30.6 Å². The van der Waals surface area contributed by atoms with Crippen LogP contribution in [0.4, 0.5) is 0 Å². The van der Waals surface area contributed by atoms with Crippen molar-refractivity contribution in [2.24, 2.45) is 0 Å². The predicted octanol–water partition coefficient (Wildman–Crippen LogP) is 4.92. The second kappa shape index (κ2) is 5.98. The van der Waals surface area contributed by atoms with Crippen LogP contribution in [0.15, 0.2) is 79.1 Å². The average Bonchev–Trinajstić information content (AvgIpc) is 2.55. The second-order valence-electron chi connectivity index (χ2n) is 4.57. The zero-order valence-electron chi connectivity index (χ0n) is 11.1. The third kappa shape index (κ3) is 2.83. The van der Waals surface area contributed by atoms with Crippen molar-refractivity contribution in [3.8, 4) is 11.1 Å². The predicted molar refractivity (Wildman–Crippen MR) is 85.0 cm³/mol. The molecule has 0 saturated carbocycles. The van der Waals surface area contributed by atoms with E-state index in [1.54, 1.807) is 0 Å². The molecule has 2 aromatic carbocycles. The standard InChI is InChI=1S/C19H15N/c1-2-6-16(7-3-1)10-11-17-8-4-5-9-19(17)18-12-14-20-15-13-18/h1-15H/b11-10+. The molecule has 0 N–H and O–H groups in total. The Morgan fingerprint density at radius 1 is 0.650 bits per heavy atom. The molecule has 3 rings (SSSR count). The molecular formula is C19H15N. The molecule has 1 aromatic heterocycles. The molecule has 0 radical (unpaired) electrons. The van der Waals surface area contributed by atoms with E-state index >= 15 is 0 Å². The maximum absolute atomic E-state index is 4.08. The van der Waals surface area contributed by atoms with Crippen molar-refractivity contribution in [3.63, 3.8) is 0 Å². The van der Waals surface area contributed by atoms with Crippen LogP contribution in [-0.2, 0) is 0 Å². The summed E-state index contributed by atoms with van der Waals surface area (Å²) in [6.07, 6.45) is 7.95. The van der Waals surface area contributed by atoms with E-state index in [0.717, 1.165) is 0 Å². The van der Waals surface area contributed by atoms with Gasteiger partial charge in [-0.05, 0) is 34.4 Å². The van der Waals surface area contributed by atoms with E-state index in [1.165, 1.54) is 22.3 Å². The summed E-state index contributed by atoms with van der Waals surface area (Å²) >= 11 is 0. The highest BCUT2D eigenvalue weighted by molar-refractivity contribution is 5.80. The Labute approximate surface area is 119 Å². The first-order chi connectivity index (χ1) is 9.93. The number of aromatic nitrogens is 1. The van der Waals surface area contributed by atoms with Gasteiger partial charge in [0.05, 0.1) is 0 Å². The molecule has 96 valence electrons. The Morgan fingerprint density at radius 2 is 1.35 bits per heavy atom. The fourth-order valence-electron chi connectivity index (χ4n) is 2.19. The van der Waals surface area contributed by atoms with Crippen molar-refractivity contribution >= 4 is 12.2 Å². The minimum absolute atomic E-state index is 1.19. The molecule has 20 heavy (non-hydrogen) atoms. The largest absolute Gasteiger partial charge is 0.265 e. The molecule has 1 nitrogen and oxygen atoms in total. The Balaban J connectivity index is 1.97. The van der Waals surface area contributed by atoms with Gasteiger partial charge in [-0.25, -0.2) is 0 Å². The Kier molecular flexibility index (Phi) is 3.70. The smallest absolute Gasteiger partial charge is 0.0273 e. The molecule has 0 saturated heterocycles. The summed E-state index contributed by atoms with van der Waals surface area (Å²) in [6, 6.07) is 22.8.